The van der Waals surface area contributed by atoms with Crippen LogP contribution in [-0.2, 0) is 15.7 Å². The van der Waals surface area contributed by atoms with Crippen molar-refractivity contribution in [2.45, 2.75) is 50.9 Å². The van der Waals surface area contributed by atoms with Crippen LogP contribution in [0.3, 0.4) is 0 Å². The minimum atomic E-state index is -4.51. The number of rotatable bonds is 1. The molecule has 0 saturated carbocycles. The quantitative estimate of drug-likeness (QED) is 0.715. The second-order valence-corrected chi connectivity index (χ2v) is 8.16. The highest BCUT2D eigenvalue weighted by atomic mass is 19.4. The van der Waals surface area contributed by atoms with Gasteiger partial charge in [0.1, 0.15) is 11.1 Å². The number of carbonyl (C=O) groups is 3. The Morgan fingerprint density at radius 2 is 1.62 bits per heavy atom. The summed E-state index contributed by atoms with van der Waals surface area (Å²) in [5, 5.41) is 2.66. The summed E-state index contributed by atoms with van der Waals surface area (Å²) in [5.74, 6) is -0.536. The number of piperidine rings is 1. The number of halogens is 3. The molecule has 29 heavy (non-hydrogen) atoms. The van der Waals surface area contributed by atoms with Crippen LogP contribution in [0.4, 0.5) is 28.4 Å². The average Bonchev–Trinajstić information content (AvgIpc) is 2.83. The summed E-state index contributed by atoms with van der Waals surface area (Å²) in [4.78, 5) is 39.9. The van der Waals surface area contributed by atoms with Crippen LogP contribution in [0.2, 0.25) is 0 Å². The Morgan fingerprint density at radius 3 is 2.10 bits per heavy atom. The molecule has 2 aliphatic rings. The minimum absolute atomic E-state index is 0.0620. The first kappa shape index (κ1) is 20.9. The van der Waals surface area contributed by atoms with Crippen LogP contribution >= 0.6 is 0 Å². The monoisotopic (exact) mass is 413 g/mol. The van der Waals surface area contributed by atoms with E-state index in [1.54, 1.807) is 20.8 Å². The van der Waals surface area contributed by atoms with E-state index in [2.05, 4.69) is 5.32 Å². The van der Waals surface area contributed by atoms with Gasteiger partial charge < -0.3 is 15.0 Å². The zero-order valence-electron chi connectivity index (χ0n) is 16.3. The molecule has 1 N–H and O–H groups in total. The third-order valence-electron chi connectivity index (χ3n) is 4.88. The van der Waals surface area contributed by atoms with E-state index in [1.807, 2.05) is 0 Å². The van der Waals surface area contributed by atoms with E-state index in [0.717, 1.165) is 29.2 Å². The van der Waals surface area contributed by atoms with Crippen LogP contribution in [-0.4, -0.2) is 47.2 Å². The highest BCUT2D eigenvalue weighted by Crippen LogP contribution is 2.35. The van der Waals surface area contributed by atoms with E-state index in [1.165, 1.54) is 4.90 Å². The first-order valence-corrected chi connectivity index (χ1v) is 9.14. The van der Waals surface area contributed by atoms with Crippen molar-refractivity contribution in [3.63, 3.8) is 0 Å². The molecule has 4 amide bonds. The number of carbonyl (C=O) groups excluding carboxylic acids is 3. The van der Waals surface area contributed by atoms with Gasteiger partial charge in [-0.3, -0.25) is 4.79 Å². The number of amides is 4. The van der Waals surface area contributed by atoms with Gasteiger partial charge in [-0.1, -0.05) is 0 Å². The van der Waals surface area contributed by atoms with Crippen LogP contribution in [0.15, 0.2) is 24.3 Å². The number of hydrogen-bond acceptors (Lipinski definition) is 4. The predicted octanol–water partition coefficient (Wildman–Crippen LogP) is 3.53. The fraction of sp³-hybridized carbons (Fsp3) is 0.526. The molecule has 2 saturated heterocycles. The number of nitrogens with one attached hydrogen (secondary N) is 1. The zero-order chi connectivity index (χ0) is 21.6. The second kappa shape index (κ2) is 6.93. The van der Waals surface area contributed by atoms with Crippen LogP contribution in [0.1, 0.15) is 39.2 Å². The van der Waals surface area contributed by atoms with Gasteiger partial charge in [0.25, 0.3) is 5.91 Å². The molecule has 10 heteroatoms. The molecule has 3 rings (SSSR count). The van der Waals surface area contributed by atoms with Crippen LogP contribution < -0.4 is 10.2 Å². The lowest BCUT2D eigenvalue weighted by Gasteiger charge is -2.37. The number of likely N-dealkylation sites (tertiary alicyclic amines) is 1. The molecule has 0 aliphatic carbocycles. The smallest absolute Gasteiger partial charge is 0.416 e. The molecule has 0 aromatic heterocycles. The first-order chi connectivity index (χ1) is 13.3. The van der Waals surface area contributed by atoms with E-state index in [0.29, 0.717) is 0 Å². The summed E-state index contributed by atoms with van der Waals surface area (Å²) in [7, 11) is 0. The van der Waals surface area contributed by atoms with Crippen molar-refractivity contribution in [1.29, 1.82) is 0 Å². The fourth-order valence-electron chi connectivity index (χ4n) is 3.39. The van der Waals surface area contributed by atoms with E-state index in [-0.39, 0.29) is 31.6 Å². The number of hydrogen-bond donors (Lipinski definition) is 1. The second-order valence-electron chi connectivity index (χ2n) is 8.16. The fourth-order valence-corrected chi connectivity index (χ4v) is 3.39. The Balaban J connectivity index is 1.72. The number of alkyl halides is 3. The lowest BCUT2D eigenvalue weighted by Crippen LogP contribution is -2.56. The van der Waals surface area contributed by atoms with Crippen LogP contribution in [0.5, 0.6) is 0 Å². The Kier molecular flexibility index (Phi) is 5.00. The Hall–Kier alpha value is -2.78. The maximum Gasteiger partial charge on any atom is 0.416 e. The van der Waals surface area contributed by atoms with Crippen LogP contribution in [0.25, 0.3) is 0 Å². The van der Waals surface area contributed by atoms with Gasteiger partial charge in [0.2, 0.25) is 0 Å². The summed E-state index contributed by atoms with van der Waals surface area (Å²) in [5.41, 5.74) is -2.64. The molecule has 1 aromatic carbocycles. The van der Waals surface area contributed by atoms with E-state index < -0.39 is 40.9 Å². The molecule has 0 radical (unpaired) electrons. The van der Waals surface area contributed by atoms with Crippen molar-refractivity contribution in [3.8, 4) is 0 Å². The molecular weight excluding hydrogens is 391 g/mol. The van der Waals surface area contributed by atoms with Gasteiger partial charge >= 0.3 is 18.3 Å². The van der Waals surface area contributed by atoms with Gasteiger partial charge in [0.15, 0.2) is 0 Å². The number of nitrogens with zero attached hydrogens (tertiary/aromatic N) is 2. The predicted molar refractivity (Wildman–Crippen MR) is 97.2 cm³/mol. The standard InChI is InChI=1S/C19H22F3N3O4/c1-17(2,3)29-16(28)24-10-8-18(9-11-24)14(26)25(15(27)23-18)13-6-4-12(5-7-13)19(20,21)22/h4-7H,8-11H2,1-3H3,(H,23,27). The topological polar surface area (TPSA) is 79.0 Å². The minimum Gasteiger partial charge on any atom is -0.444 e. The lowest BCUT2D eigenvalue weighted by molar-refractivity contribution is -0.137. The molecule has 1 aromatic rings. The molecule has 0 atom stereocenters. The SMILES string of the molecule is CC(C)(C)OC(=O)N1CCC2(CC1)NC(=O)N(c1ccc(C(F)(F)F)cc1)C2=O. The van der Waals surface area contributed by atoms with Gasteiger partial charge in [-0.05, 0) is 57.9 Å². The third-order valence-corrected chi connectivity index (χ3v) is 4.88. The average molecular weight is 413 g/mol. The third kappa shape index (κ3) is 4.15. The molecular formula is C19H22F3N3O4. The van der Waals surface area contributed by atoms with Gasteiger partial charge in [0, 0.05) is 13.1 Å². The van der Waals surface area contributed by atoms with Crippen LogP contribution in [0, 0.1) is 0 Å². The summed E-state index contributed by atoms with van der Waals surface area (Å²) in [6.45, 7) is 5.67. The summed E-state index contributed by atoms with van der Waals surface area (Å²) < 4.78 is 43.5. The molecule has 1 spiro atoms. The molecule has 2 fully saturated rings. The van der Waals surface area contributed by atoms with Crippen molar-refractivity contribution in [1.82, 2.24) is 10.2 Å². The van der Waals surface area contributed by atoms with Gasteiger partial charge in [-0.25, -0.2) is 14.5 Å². The molecule has 2 heterocycles. The molecule has 0 unspecified atom stereocenters. The van der Waals surface area contributed by atoms with E-state index in [4.69, 9.17) is 4.74 Å². The maximum absolute atomic E-state index is 13.0. The van der Waals surface area contributed by atoms with Crippen molar-refractivity contribution in [3.05, 3.63) is 29.8 Å². The van der Waals surface area contributed by atoms with E-state index >= 15 is 0 Å². The zero-order valence-corrected chi connectivity index (χ0v) is 16.3. The molecule has 0 bridgehead atoms. The lowest BCUT2D eigenvalue weighted by atomic mass is 9.87. The number of urea groups is 1. The Morgan fingerprint density at radius 1 is 1.07 bits per heavy atom. The maximum atomic E-state index is 13.0. The van der Waals surface area contributed by atoms with Gasteiger partial charge in [-0.15, -0.1) is 0 Å². The summed E-state index contributed by atoms with van der Waals surface area (Å²) in [6.07, 6.45) is -4.63. The summed E-state index contributed by atoms with van der Waals surface area (Å²) >= 11 is 0. The molecule has 158 valence electrons. The highest BCUT2D eigenvalue weighted by Gasteiger charge is 2.53. The summed E-state index contributed by atoms with van der Waals surface area (Å²) in [6, 6.07) is 3.14. The first-order valence-electron chi connectivity index (χ1n) is 9.14. The largest absolute Gasteiger partial charge is 0.444 e. The van der Waals surface area contributed by atoms with Gasteiger partial charge in [-0.2, -0.15) is 13.2 Å². The number of ether oxygens (including phenoxy) is 1. The van der Waals surface area contributed by atoms with Crippen molar-refractivity contribution in [2.24, 2.45) is 0 Å². The van der Waals surface area contributed by atoms with Gasteiger partial charge in [0.05, 0.1) is 11.3 Å². The normalized spacial score (nSPS) is 19.5. The Bertz CT molecular complexity index is 823. The highest BCUT2D eigenvalue weighted by molar-refractivity contribution is 6.23. The van der Waals surface area contributed by atoms with Crippen molar-refractivity contribution in [2.75, 3.05) is 18.0 Å². The van der Waals surface area contributed by atoms with Crippen molar-refractivity contribution >= 4 is 23.7 Å². The molecule has 7 nitrogen and oxygen atoms in total. The van der Waals surface area contributed by atoms with E-state index in [9.17, 15) is 27.6 Å². The number of imide groups is 1. The Labute approximate surface area is 165 Å². The van der Waals surface area contributed by atoms with Crippen molar-refractivity contribution < 1.29 is 32.3 Å². The number of anilines is 1. The molecule has 2 aliphatic heterocycles. The number of benzene rings is 1.